The number of aromatic amines is 1. The van der Waals surface area contributed by atoms with E-state index in [2.05, 4.69) is 15.5 Å². The molecule has 0 aliphatic carbocycles. The summed E-state index contributed by atoms with van der Waals surface area (Å²) in [4.78, 5) is 28.8. The smallest absolute Gasteiger partial charge is 0.343 e. The van der Waals surface area contributed by atoms with Gasteiger partial charge in [0.2, 0.25) is 0 Å². The molecule has 0 saturated carbocycles. The summed E-state index contributed by atoms with van der Waals surface area (Å²) in [5.41, 5.74) is 6.29. The maximum absolute atomic E-state index is 13.2. The predicted octanol–water partition coefficient (Wildman–Crippen LogP) is 6.47. The number of hydrogen-bond donors (Lipinski definition) is 2. The molecule has 1 heterocycles. The van der Waals surface area contributed by atoms with Crippen molar-refractivity contribution >= 4 is 40.6 Å². The van der Waals surface area contributed by atoms with Crippen molar-refractivity contribution in [3.63, 3.8) is 0 Å². The van der Waals surface area contributed by atoms with Crippen LogP contribution in [0.25, 0.3) is 22.0 Å². The Labute approximate surface area is 212 Å². The number of fused-ring (bicyclic) bond motifs is 1. The number of ether oxygens (including phenoxy) is 1. The number of amides is 1. The van der Waals surface area contributed by atoms with Crippen LogP contribution >= 0.6 is 11.6 Å². The number of para-hydroxylation sites is 1. The molecular weight excluding hydrogens is 474 g/mol. The monoisotopic (exact) mass is 493 g/mol. The van der Waals surface area contributed by atoms with Crippen LogP contribution in [0.3, 0.4) is 0 Å². The third-order valence-electron chi connectivity index (χ3n) is 5.55. The van der Waals surface area contributed by atoms with Crippen LogP contribution in [-0.2, 0) is 0 Å². The molecule has 0 radical (unpaired) electrons. The van der Waals surface area contributed by atoms with Gasteiger partial charge in [-0.15, -0.1) is 0 Å². The van der Waals surface area contributed by atoms with Gasteiger partial charge < -0.3 is 9.72 Å². The van der Waals surface area contributed by atoms with Gasteiger partial charge in [-0.3, -0.25) is 4.79 Å². The highest BCUT2D eigenvalue weighted by Gasteiger charge is 2.19. The highest BCUT2D eigenvalue weighted by molar-refractivity contribution is 6.31. The first-order valence-corrected chi connectivity index (χ1v) is 11.5. The van der Waals surface area contributed by atoms with E-state index in [0.29, 0.717) is 27.6 Å². The van der Waals surface area contributed by atoms with Crippen molar-refractivity contribution in [1.29, 1.82) is 0 Å². The number of aromatic nitrogens is 1. The van der Waals surface area contributed by atoms with Gasteiger partial charge in [-0.2, -0.15) is 5.10 Å². The predicted molar refractivity (Wildman–Crippen MR) is 142 cm³/mol. The van der Waals surface area contributed by atoms with Gasteiger partial charge in [-0.25, -0.2) is 10.2 Å². The summed E-state index contributed by atoms with van der Waals surface area (Å²) in [5, 5.41) is 5.53. The highest BCUT2D eigenvalue weighted by Crippen LogP contribution is 2.34. The molecule has 0 fully saturated rings. The quantitative estimate of drug-likeness (QED) is 0.123. The van der Waals surface area contributed by atoms with Crippen LogP contribution in [0.5, 0.6) is 5.75 Å². The number of hydrogen-bond acceptors (Lipinski definition) is 4. The molecule has 1 aromatic heterocycles. The number of esters is 1. The van der Waals surface area contributed by atoms with Crippen LogP contribution in [0.4, 0.5) is 0 Å². The zero-order valence-corrected chi connectivity index (χ0v) is 19.7. The van der Waals surface area contributed by atoms with Gasteiger partial charge in [-0.1, -0.05) is 72.3 Å². The van der Waals surface area contributed by atoms with E-state index in [-0.39, 0.29) is 0 Å². The lowest BCUT2D eigenvalue weighted by atomic mass is 10.0. The highest BCUT2D eigenvalue weighted by atomic mass is 35.5. The molecule has 0 aliphatic rings. The maximum atomic E-state index is 13.2. The maximum Gasteiger partial charge on any atom is 0.343 e. The Kier molecular flexibility index (Phi) is 6.60. The number of rotatable bonds is 6. The number of carbonyl (C=O) groups is 2. The van der Waals surface area contributed by atoms with Gasteiger partial charge in [0.25, 0.3) is 5.91 Å². The fourth-order valence-corrected chi connectivity index (χ4v) is 4.04. The summed E-state index contributed by atoms with van der Waals surface area (Å²) >= 11 is 6.23. The number of H-pyrrole nitrogens is 1. The van der Waals surface area contributed by atoms with Gasteiger partial charge in [0.15, 0.2) is 0 Å². The van der Waals surface area contributed by atoms with E-state index in [1.807, 2.05) is 48.5 Å². The summed E-state index contributed by atoms with van der Waals surface area (Å²) in [5.74, 6) is -0.574. The average molecular weight is 494 g/mol. The van der Waals surface area contributed by atoms with E-state index in [9.17, 15) is 9.59 Å². The molecule has 176 valence electrons. The molecule has 0 unspecified atom stereocenters. The Morgan fingerprint density at radius 2 is 1.56 bits per heavy atom. The standard InChI is InChI=1S/C29H20ClN3O3/c30-22-15-16-24-23(17-22)26(19-9-3-1-4-10-19)27(32-24)28(34)33-31-18-21-13-7-8-14-25(21)36-29(35)20-11-5-2-6-12-20/h1-18,32H,(H,33,34). The van der Waals surface area contributed by atoms with E-state index < -0.39 is 11.9 Å². The fourth-order valence-electron chi connectivity index (χ4n) is 3.87. The number of carbonyl (C=O) groups excluding carboxylic acids is 2. The van der Waals surface area contributed by atoms with Crippen molar-refractivity contribution in [3.05, 3.63) is 125 Å². The van der Waals surface area contributed by atoms with E-state index in [4.69, 9.17) is 16.3 Å². The normalized spacial score (nSPS) is 11.0. The first-order chi connectivity index (χ1) is 17.6. The molecule has 1 amide bonds. The Balaban J connectivity index is 1.40. The summed E-state index contributed by atoms with van der Waals surface area (Å²) in [6.45, 7) is 0. The molecule has 5 aromatic rings. The lowest BCUT2D eigenvalue weighted by Gasteiger charge is -2.07. The summed E-state index contributed by atoms with van der Waals surface area (Å²) in [6.07, 6.45) is 1.44. The van der Waals surface area contributed by atoms with Gasteiger partial charge in [0.05, 0.1) is 11.8 Å². The van der Waals surface area contributed by atoms with Gasteiger partial charge in [0, 0.05) is 27.1 Å². The van der Waals surface area contributed by atoms with Gasteiger partial charge >= 0.3 is 5.97 Å². The van der Waals surface area contributed by atoms with Crippen molar-refractivity contribution in [2.45, 2.75) is 0 Å². The molecule has 0 saturated heterocycles. The second-order valence-electron chi connectivity index (χ2n) is 7.92. The number of halogens is 1. The lowest BCUT2D eigenvalue weighted by Crippen LogP contribution is -2.19. The van der Waals surface area contributed by atoms with Gasteiger partial charge in [-0.05, 0) is 48.0 Å². The summed E-state index contributed by atoms with van der Waals surface area (Å²) < 4.78 is 5.54. The number of nitrogens with zero attached hydrogens (tertiary/aromatic N) is 1. The van der Waals surface area contributed by atoms with Crippen LogP contribution in [0.1, 0.15) is 26.4 Å². The summed E-state index contributed by atoms with van der Waals surface area (Å²) in [7, 11) is 0. The first-order valence-electron chi connectivity index (χ1n) is 11.2. The molecule has 0 bridgehead atoms. The number of benzene rings is 4. The lowest BCUT2D eigenvalue weighted by molar-refractivity contribution is 0.0734. The third kappa shape index (κ3) is 4.89. The Hall–Kier alpha value is -4.68. The van der Waals surface area contributed by atoms with Crippen molar-refractivity contribution in [2.75, 3.05) is 0 Å². The van der Waals surface area contributed by atoms with E-state index in [1.54, 1.807) is 54.6 Å². The largest absolute Gasteiger partial charge is 0.422 e. The average Bonchev–Trinajstić information content (AvgIpc) is 3.29. The first kappa shape index (κ1) is 23.1. The SMILES string of the molecule is O=C(Oc1ccccc1C=NNC(=O)c1[nH]c2ccc(Cl)cc2c1-c1ccccc1)c1ccccc1. The molecular formula is C29H20ClN3O3. The van der Waals surface area contributed by atoms with Crippen LogP contribution in [0.15, 0.2) is 108 Å². The van der Waals surface area contributed by atoms with Crippen molar-refractivity contribution in [2.24, 2.45) is 5.10 Å². The number of nitrogens with one attached hydrogen (secondary N) is 2. The van der Waals surface area contributed by atoms with Crippen LogP contribution < -0.4 is 10.2 Å². The molecule has 7 heteroatoms. The molecule has 6 nitrogen and oxygen atoms in total. The van der Waals surface area contributed by atoms with Crippen LogP contribution in [0.2, 0.25) is 5.02 Å². The minimum absolute atomic E-state index is 0.328. The van der Waals surface area contributed by atoms with E-state index in [0.717, 1.165) is 22.0 Å². The Bertz CT molecular complexity index is 1580. The zero-order valence-electron chi connectivity index (χ0n) is 18.9. The van der Waals surface area contributed by atoms with E-state index in [1.165, 1.54) is 6.21 Å². The second kappa shape index (κ2) is 10.3. The summed E-state index contributed by atoms with van der Waals surface area (Å²) in [6, 6.07) is 30.7. The molecule has 0 spiro atoms. The third-order valence-corrected chi connectivity index (χ3v) is 5.79. The minimum Gasteiger partial charge on any atom is -0.422 e. The molecule has 5 rings (SSSR count). The van der Waals surface area contributed by atoms with Crippen LogP contribution in [-0.4, -0.2) is 23.1 Å². The zero-order chi connectivity index (χ0) is 24.9. The van der Waals surface area contributed by atoms with Gasteiger partial charge in [0.1, 0.15) is 11.4 Å². The molecule has 36 heavy (non-hydrogen) atoms. The Morgan fingerprint density at radius 3 is 2.33 bits per heavy atom. The fraction of sp³-hybridized carbons (Fsp3) is 0. The van der Waals surface area contributed by atoms with E-state index >= 15 is 0 Å². The molecule has 0 atom stereocenters. The Morgan fingerprint density at radius 1 is 0.861 bits per heavy atom. The molecule has 2 N–H and O–H groups in total. The van der Waals surface area contributed by atoms with Crippen molar-refractivity contribution in [3.8, 4) is 16.9 Å². The molecule has 0 aliphatic heterocycles. The van der Waals surface area contributed by atoms with Crippen molar-refractivity contribution < 1.29 is 14.3 Å². The van der Waals surface area contributed by atoms with Crippen molar-refractivity contribution in [1.82, 2.24) is 10.4 Å². The number of hydrazone groups is 1. The second-order valence-corrected chi connectivity index (χ2v) is 8.36. The van der Waals surface area contributed by atoms with Crippen LogP contribution in [0, 0.1) is 0 Å². The minimum atomic E-state index is -0.482. The molecule has 4 aromatic carbocycles. The topological polar surface area (TPSA) is 83.5 Å².